The van der Waals surface area contributed by atoms with Gasteiger partial charge >= 0.3 is 6.18 Å². The van der Waals surface area contributed by atoms with E-state index >= 15 is 0 Å². The van der Waals surface area contributed by atoms with Gasteiger partial charge in [0.25, 0.3) is 0 Å². The van der Waals surface area contributed by atoms with E-state index in [1.54, 1.807) is 6.92 Å². The van der Waals surface area contributed by atoms with Crippen LogP contribution in [-0.4, -0.2) is 29.2 Å². The van der Waals surface area contributed by atoms with Crippen molar-refractivity contribution in [3.8, 4) is 6.07 Å². The molecule has 0 N–H and O–H groups in total. The van der Waals surface area contributed by atoms with Crippen molar-refractivity contribution in [2.45, 2.75) is 59.1 Å². The molecule has 4 nitrogen and oxygen atoms in total. The molecule has 25 heavy (non-hydrogen) atoms. The Kier molecular flexibility index (Phi) is 8.43. The molecule has 1 aromatic rings. The van der Waals surface area contributed by atoms with Crippen LogP contribution in [0.4, 0.5) is 19.0 Å². The quantitative estimate of drug-likeness (QED) is 0.734. The molecule has 0 aliphatic carbocycles. The van der Waals surface area contributed by atoms with Crippen molar-refractivity contribution in [1.82, 2.24) is 9.97 Å². The van der Waals surface area contributed by atoms with Gasteiger partial charge in [0.15, 0.2) is 11.0 Å². The molecule has 1 aliphatic rings. The van der Waals surface area contributed by atoms with Gasteiger partial charge in [-0.25, -0.2) is 9.97 Å². The van der Waals surface area contributed by atoms with Crippen LogP contribution in [-0.2, 0) is 6.42 Å². The van der Waals surface area contributed by atoms with Gasteiger partial charge in [-0.15, -0.1) is 0 Å². The van der Waals surface area contributed by atoms with Crippen molar-refractivity contribution in [3.63, 3.8) is 0 Å². The SMILES string of the molecule is CC.Cc1nc(Cl)c(N2CCC(C#N)CC2)nc1CCCC(F)(F)F. The molecule has 0 atom stereocenters. The normalized spacial score (nSPS) is 15.4. The lowest BCUT2D eigenvalue weighted by Gasteiger charge is -2.30. The summed E-state index contributed by atoms with van der Waals surface area (Å²) < 4.78 is 36.8. The summed E-state index contributed by atoms with van der Waals surface area (Å²) in [5.41, 5.74) is 1.11. The second-order valence-corrected chi connectivity index (χ2v) is 6.09. The molecular formula is C17H24ClF3N4. The summed E-state index contributed by atoms with van der Waals surface area (Å²) in [6.45, 7) is 7.00. The molecule has 1 aromatic heterocycles. The Morgan fingerprint density at radius 2 is 1.84 bits per heavy atom. The van der Waals surface area contributed by atoms with E-state index in [1.807, 2.05) is 18.7 Å². The van der Waals surface area contributed by atoms with Crippen LogP contribution >= 0.6 is 11.6 Å². The van der Waals surface area contributed by atoms with Crippen molar-refractivity contribution in [1.29, 1.82) is 5.26 Å². The van der Waals surface area contributed by atoms with E-state index in [1.165, 1.54) is 0 Å². The monoisotopic (exact) mass is 376 g/mol. The fraction of sp³-hybridized carbons (Fsp3) is 0.706. The van der Waals surface area contributed by atoms with Gasteiger partial charge in [0.2, 0.25) is 0 Å². The summed E-state index contributed by atoms with van der Waals surface area (Å²) in [6, 6.07) is 2.25. The van der Waals surface area contributed by atoms with Crippen LogP contribution < -0.4 is 4.90 Å². The van der Waals surface area contributed by atoms with Crippen LogP contribution in [0.15, 0.2) is 0 Å². The highest BCUT2D eigenvalue weighted by Crippen LogP contribution is 2.28. The Bertz CT molecular complexity index is 591. The maximum absolute atomic E-state index is 12.3. The summed E-state index contributed by atoms with van der Waals surface area (Å²) >= 11 is 6.15. The van der Waals surface area contributed by atoms with Gasteiger partial charge < -0.3 is 4.90 Å². The molecule has 8 heteroatoms. The van der Waals surface area contributed by atoms with Crippen molar-refractivity contribution in [2.75, 3.05) is 18.0 Å². The van der Waals surface area contributed by atoms with Crippen molar-refractivity contribution in [3.05, 3.63) is 16.5 Å². The van der Waals surface area contributed by atoms with Gasteiger partial charge in [-0.2, -0.15) is 18.4 Å². The molecule has 0 amide bonds. The topological polar surface area (TPSA) is 52.8 Å². The highest BCUT2D eigenvalue weighted by molar-refractivity contribution is 6.31. The fourth-order valence-electron chi connectivity index (χ4n) is 2.63. The van der Waals surface area contributed by atoms with Crippen molar-refractivity contribution >= 4 is 17.4 Å². The zero-order chi connectivity index (χ0) is 19.0. The number of rotatable bonds is 4. The molecule has 140 valence electrons. The number of nitriles is 1. The predicted octanol–water partition coefficient (Wildman–Crippen LogP) is 5.09. The van der Waals surface area contributed by atoms with E-state index in [2.05, 4.69) is 16.0 Å². The van der Waals surface area contributed by atoms with Gasteiger partial charge in [-0.1, -0.05) is 25.4 Å². The summed E-state index contributed by atoms with van der Waals surface area (Å²) in [5.74, 6) is 0.547. The van der Waals surface area contributed by atoms with E-state index in [-0.39, 0.29) is 23.9 Å². The number of piperidine rings is 1. The third kappa shape index (κ3) is 6.69. The average Bonchev–Trinajstić information content (AvgIpc) is 2.58. The molecule has 0 unspecified atom stereocenters. The van der Waals surface area contributed by atoms with E-state index in [9.17, 15) is 13.2 Å². The second-order valence-electron chi connectivity index (χ2n) is 5.73. The Labute approximate surface area is 152 Å². The summed E-state index contributed by atoms with van der Waals surface area (Å²) in [4.78, 5) is 10.6. The maximum atomic E-state index is 12.3. The van der Waals surface area contributed by atoms with Crippen LogP contribution in [0.3, 0.4) is 0 Å². The molecule has 2 heterocycles. The minimum atomic E-state index is -4.16. The molecule has 1 saturated heterocycles. The number of halogens is 4. The Balaban J connectivity index is 0.00000151. The number of anilines is 1. The van der Waals surface area contributed by atoms with Gasteiger partial charge in [-0.05, 0) is 32.6 Å². The molecular weight excluding hydrogens is 353 g/mol. The lowest BCUT2D eigenvalue weighted by Crippen LogP contribution is -2.34. The van der Waals surface area contributed by atoms with E-state index in [0.717, 1.165) is 12.8 Å². The van der Waals surface area contributed by atoms with Crippen molar-refractivity contribution in [2.24, 2.45) is 5.92 Å². The van der Waals surface area contributed by atoms with Crippen LogP contribution in [0.25, 0.3) is 0 Å². The number of alkyl halides is 3. The number of hydrogen-bond acceptors (Lipinski definition) is 4. The first-order valence-corrected chi connectivity index (χ1v) is 8.92. The number of aryl methyl sites for hydroxylation is 2. The van der Waals surface area contributed by atoms with Crippen LogP contribution in [0.2, 0.25) is 5.15 Å². The lowest BCUT2D eigenvalue weighted by molar-refractivity contribution is -0.135. The minimum Gasteiger partial charge on any atom is -0.354 e. The fourth-order valence-corrected chi connectivity index (χ4v) is 2.92. The van der Waals surface area contributed by atoms with E-state index in [4.69, 9.17) is 16.9 Å². The molecule has 0 saturated carbocycles. The van der Waals surface area contributed by atoms with Crippen LogP contribution in [0.5, 0.6) is 0 Å². The van der Waals surface area contributed by atoms with Gasteiger partial charge in [0.05, 0.1) is 17.5 Å². The Hall–Kier alpha value is -1.55. The van der Waals surface area contributed by atoms with Crippen molar-refractivity contribution < 1.29 is 13.2 Å². The minimum absolute atomic E-state index is 0.0173. The standard InChI is InChI=1S/C15H18ClF3N4.C2H6/c1-10-12(3-2-6-15(17,18)19)22-14(13(16)21-10)23-7-4-11(9-20)5-8-23;1-2/h11H,2-8H2,1H3;1-2H3. The first kappa shape index (κ1) is 21.5. The molecule has 0 spiro atoms. The van der Waals surface area contributed by atoms with Gasteiger partial charge in [-0.3, -0.25) is 0 Å². The van der Waals surface area contributed by atoms with Crippen LogP contribution in [0, 0.1) is 24.2 Å². The maximum Gasteiger partial charge on any atom is 0.389 e. The first-order chi connectivity index (χ1) is 11.8. The largest absolute Gasteiger partial charge is 0.389 e. The van der Waals surface area contributed by atoms with E-state index < -0.39 is 12.6 Å². The smallest absolute Gasteiger partial charge is 0.354 e. The molecule has 2 rings (SSSR count). The van der Waals surface area contributed by atoms with E-state index in [0.29, 0.717) is 30.3 Å². The highest BCUT2D eigenvalue weighted by atomic mass is 35.5. The summed E-state index contributed by atoms with van der Waals surface area (Å²) in [5, 5.41) is 9.19. The third-order valence-electron chi connectivity index (χ3n) is 3.96. The lowest BCUT2D eigenvalue weighted by atomic mass is 9.99. The number of nitrogens with zero attached hydrogens (tertiary/aromatic N) is 4. The summed E-state index contributed by atoms with van der Waals surface area (Å²) in [7, 11) is 0. The second kappa shape index (κ2) is 9.81. The number of hydrogen-bond donors (Lipinski definition) is 0. The molecule has 0 radical (unpaired) electrons. The Morgan fingerprint density at radius 3 is 2.36 bits per heavy atom. The van der Waals surface area contributed by atoms with Gasteiger partial charge in [0, 0.05) is 25.4 Å². The zero-order valence-electron chi connectivity index (χ0n) is 14.8. The molecule has 1 aliphatic heterocycles. The van der Waals surface area contributed by atoms with Gasteiger partial charge in [0.1, 0.15) is 0 Å². The summed E-state index contributed by atoms with van der Waals surface area (Å²) in [6.07, 6.45) is -3.33. The Morgan fingerprint density at radius 1 is 1.24 bits per heavy atom. The molecule has 0 bridgehead atoms. The molecule has 0 aromatic carbocycles. The third-order valence-corrected chi connectivity index (χ3v) is 4.21. The zero-order valence-corrected chi connectivity index (χ0v) is 15.6. The number of aromatic nitrogens is 2. The van der Waals surface area contributed by atoms with Crippen LogP contribution in [0.1, 0.15) is 50.9 Å². The predicted molar refractivity (Wildman–Crippen MR) is 92.7 cm³/mol. The highest BCUT2D eigenvalue weighted by Gasteiger charge is 2.27. The average molecular weight is 377 g/mol. The first-order valence-electron chi connectivity index (χ1n) is 8.54. The molecule has 1 fully saturated rings.